The molecule has 0 spiro atoms. The minimum Gasteiger partial charge on any atom is -0.490 e. The Kier molecular flexibility index (Phi) is 7.21. The first-order valence-corrected chi connectivity index (χ1v) is 13.4. The molecule has 2 aromatic carbocycles. The van der Waals surface area contributed by atoms with Crippen LogP contribution in [-0.4, -0.2) is 36.2 Å². The van der Waals surface area contributed by atoms with E-state index < -0.39 is 11.7 Å². The monoisotopic (exact) mass is 503 g/mol. The highest BCUT2D eigenvalue weighted by molar-refractivity contribution is 5.91. The van der Waals surface area contributed by atoms with Crippen LogP contribution >= 0.6 is 0 Å². The standard InChI is InChI=1S/C29H36F3NO3/c1-18-9-11-23(12-10-18)36-26-14-13-24-19(5-3-8-25(24)27(26)29(30,31)32)17-33-21-6-4-7-22(33)16-20(15-21)28(34)35-2/h3,5,8,13-14,18,20-23H,4,6-7,9-12,15-17H2,1-2H3. The maximum absolute atomic E-state index is 14.4. The third kappa shape index (κ3) is 5.09. The molecular formula is C29H36F3NO3. The molecule has 4 nitrogen and oxygen atoms in total. The Balaban J connectivity index is 1.45. The van der Waals surface area contributed by atoms with E-state index in [1.54, 1.807) is 18.2 Å². The molecule has 2 atom stereocenters. The van der Waals surface area contributed by atoms with Crippen molar-refractivity contribution >= 4 is 16.7 Å². The summed E-state index contributed by atoms with van der Waals surface area (Å²) in [7, 11) is 1.44. The van der Waals surface area contributed by atoms with E-state index in [2.05, 4.69) is 11.8 Å². The van der Waals surface area contributed by atoms with Crippen LogP contribution in [-0.2, 0) is 22.3 Å². The van der Waals surface area contributed by atoms with Gasteiger partial charge in [0.25, 0.3) is 0 Å². The van der Waals surface area contributed by atoms with Crippen LogP contribution in [0.3, 0.4) is 0 Å². The quantitative estimate of drug-likeness (QED) is 0.407. The first-order chi connectivity index (χ1) is 17.2. The predicted molar refractivity (Wildman–Crippen MR) is 133 cm³/mol. The van der Waals surface area contributed by atoms with Crippen molar-refractivity contribution in [1.82, 2.24) is 4.90 Å². The normalized spacial score (nSPS) is 29.2. The van der Waals surface area contributed by atoms with Gasteiger partial charge in [-0.2, -0.15) is 13.2 Å². The van der Waals surface area contributed by atoms with Crippen molar-refractivity contribution in [2.45, 2.75) is 95.6 Å². The van der Waals surface area contributed by atoms with Gasteiger partial charge in [0.2, 0.25) is 0 Å². The van der Waals surface area contributed by atoms with E-state index in [0.29, 0.717) is 17.8 Å². The molecular weight excluding hydrogens is 467 g/mol. The summed E-state index contributed by atoms with van der Waals surface area (Å²) in [5, 5.41) is 0.832. The Morgan fingerprint density at radius 3 is 2.31 bits per heavy atom. The number of fused-ring (bicyclic) bond motifs is 3. The summed E-state index contributed by atoms with van der Waals surface area (Å²) in [5.41, 5.74) is 0.231. The lowest BCUT2D eigenvalue weighted by Gasteiger charge is -2.48. The van der Waals surface area contributed by atoms with Gasteiger partial charge in [-0.05, 0) is 79.7 Å². The molecule has 5 rings (SSSR count). The van der Waals surface area contributed by atoms with Gasteiger partial charge in [0.1, 0.15) is 11.3 Å². The fourth-order valence-corrected chi connectivity index (χ4v) is 6.75. The number of esters is 1. The van der Waals surface area contributed by atoms with E-state index in [9.17, 15) is 18.0 Å². The van der Waals surface area contributed by atoms with E-state index in [0.717, 1.165) is 63.4 Å². The van der Waals surface area contributed by atoms with Gasteiger partial charge >= 0.3 is 12.1 Å². The summed E-state index contributed by atoms with van der Waals surface area (Å²) >= 11 is 0. The molecule has 1 aliphatic carbocycles. The molecule has 196 valence electrons. The number of piperidine rings is 2. The molecule has 7 heteroatoms. The average molecular weight is 504 g/mol. The van der Waals surface area contributed by atoms with Crippen molar-refractivity contribution in [2.24, 2.45) is 11.8 Å². The van der Waals surface area contributed by atoms with E-state index in [1.165, 1.54) is 13.2 Å². The number of methoxy groups -OCH3 is 1. The van der Waals surface area contributed by atoms with Crippen LogP contribution in [0, 0.1) is 11.8 Å². The van der Waals surface area contributed by atoms with Gasteiger partial charge in [-0.25, -0.2) is 0 Å². The zero-order valence-electron chi connectivity index (χ0n) is 21.2. The number of nitrogens with zero attached hydrogens (tertiary/aromatic N) is 1. The van der Waals surface area contributed by atoms with Crippen molar-refractivity contribution in [3.63, 3.8) is 0 Å². The second-order valence-electron chi connectivity index (χ2n) is 11.1. The average Bonchev–Trinajstić information content (AvgIpc) is 2.84. The second kappa shape index (κ2) is 10.2. The number of alkyl halides is 3. The van der Waals surface area contributed by atoms with Crippen LogP contribution in [0.25, 0.3) is 10.8 Å². The van der Waals surface area contributed by atoms with Crippen LogP contribution in [0.4, 0.5) is 13.2 Å². The first kappa shape index (κ1) is 25.4. The molecule has 36 heavy (non-hydrogen) atoms. The minimum absolute atomic E-state index is 0.0533. The maximum atomic E-state index is 14.4. The first-order valence-electron chi connectivity index (χ1n) is 13.4. The lowest BCUT2D eigenvalue weighted by Crippen LogP contribution is -2.52. The Morgan fingerprint density at radius 1 is 0.972 bits per heavy atom. The van der Waals surface area contributed by atoms with E-state index in [1.807, 2.05) is 6.07 Å². The molecule has 2 aromatic rings. The van der Waals surface area contributed by atoms with E-state index in [-0.39, 0.29) is 41.2 Å². The summed E-state index contributed by atoms with van der Waals surface area (Å²) in [6.45, 7) is 2.76. The molecule has 0 aromatic heterocycles. The van der Waals surface area contributed by atoms with E-state index in [4.69, 9.17) is 9.47 Å². The van der Waals surface area contributed by atoms with Gasteiger partial charge in [0.05, 0.1) is 19.1 Å². The predicted octanol–water partition coefficient (Wildman–Crippen LogP) is 7.12. The molecule has 0 N–H and O–H groups in total. The molecule has 0 amide bonds. The Bertz CT molecular complexity index is 1080. The summed E-state index contributed by atoms with van der Waals surface area (Å²) < 4.78 is 54.2. The van der Waals surface area contributed by atoms with Gasteiger partial charge in [-0.1, -0.05) is 37.6 Å². The smallest absolute Gasteiger partial charge is 0.420 e. The fraction of sp³-hybridized carbons (Fsp3) is 0.621. The number of hydrogen-bond acceptors (Lipinski definition) is 4. The fourth-order valence-electron chi connectivity index (χ4n) is 6.75. The zero-order chi connectivity index (χ0) is 25.4. The highest BCUT2D eigenvalue weighted by Gasteiger charge is 2.42. The summed E-state index contributed by atoms with van der Waals surface area (Å²) in [4.78, 5) is 14.6. The van der Waals surface area contributed by atoms with Gasteiger partial charge in [0, 0.05) is 18.6 Å². The molecule has 3 aliphatic rings. The highest BCUT2D eigenvalue weighted by Crippen LogP contribution is 2.44. The van der Waals surface area contributed by atoms with Crippen LogP contribution in [0.5, 0.6) is 5.75 Å². The van der Waals surface area contributed by atoms with Gasteiger partial charge in [-0.3, -0.25) is 9.69 Å². The third-order valence-corrected chi connectivity index (χ3v) is 8.67. The zero-order valence-corrected chi connectivity index (χ0v) is 21.2. The lowest BCUT2D eigenvalue weighted by atomic mass is 9.78. The SMILES string of the molecule is COC(=O)C1CC2CCCC(C1)N2Cc1cccc2c(C(F)(F)F)c(OC3CCC(C)CC3)ccc12. The molecule has 2 aliphatic heterocycles. The number of carbonyl (C=O) groups excluding carboxylic acids is 1. The number of ether oxygens (including phenoxy) is 2. The summed E-state index contributed by atoms with van der Waals surface area (Å²) in [6.07, 6.45) is 3.50. The third-order valence-electron chi connectivity index (χ3n) is 8.67. The van der Waals surface area contributed by atoms with Crippen LogP contribution in [0.2, 0.25) is 0 Å². The number of carbonyl (C=O) groups is 1. The number of rotatable bonds is 5. The molecule has 2 unspecified atom stereocenters. The number of hydrogen-bond donors (Lipinski definition) is 0. The maximum Gasteiger partial charge on any atom is 0.420 e. The topological polar surface area (TPSA) is 38.8 Å². The van der Waals surface area contributed by atoms with Gasteiger partial charge in [-0.15, -0.1) is 0 Å². The molecule has 2 saturated heterocycles. The second-order valence-corrected chi connectivity index (χ2v) is 11.1. The number of halogens is 3. The Hall–Kier alpha value is -2.28. The Labute approximate surface area is 211 Å². The van der Waals surface area contributed by atoms with Crippen molar-refractivity contribution in [1.29, 1.82) is 0 Å². The summed E-state index contributed by atoms with van der Waals surface area (Å²) in [6, 6.07) is 9.06. The van der Waals surface area contributed by atoms with Gasteiger partial charge < -0.3 is 9.47 Å². The van der Waals surface area contributed by atoms with Crippen molar-refractivity contribution < 1.29 is 27.4 Å². The van der Waals surface area contributed by atoms with E-state index >= 15 is 0 Å². The van der Waals surface area contributed by atoms with Crippen LogP contribution in [0.1, 0.15) is 75.8 Å². The Morgan fingerprint density at radius 2 is 1.67 bits per heavy atom. The molecule has 2 bridgehead atoms. The highest BCUT2D eigenvalue weighted by atomic mass is 19.4. The minimum atomic E-state index is -4.51. The lowest BCUT2D eigenvalue weighted by molar-refractivity contribution is -0.150. The van der Waals surface area contributed by atoms with Crippen LogP contribution in [0.15, 0.2) is 30.3 Å². The van der Waals surface area contributed by atoms with Crippen molar-refractivity contribution in [3.8, 4) is 5.75 Å². The van der Waals surface area contributed by atoms with Crippen LogP contribution < -0.4 is 4.74 Å². The molecule has 0 radical (unpaired) electrons. The van der Waals surface area contributed by atoms with Crippen molar-refractivity contribution in [2.75, 3.05) is 7.11 Å². The largest absolute Gasteiger partial charge is 0.490 e. The number of benzene rings is 2. The molecule has 3 fully saturated rings. The van der Waals surface area contributed by atoms with Gasteiger partial charge in [0.15, 0.2) is 0 Å². The summed E-state index contributed by atoms with van der Waals surface area (Å²) in [5.74, 6) is 0.311. The van der Waals surface area contributed by atoms with Crippen molar-refractivity contribution in [3.05, 3.63) is 41.5 Å². The molecule has 2 heterocycles. The molecule has 1 saturated carbocycles.